The average molecular weight is 271 g/mol. The summed E-state index contributed by atoms with van der Waals surface area (Å²) in [4.78, 5) is 18.5. The van der Waals surface area contributed by atoms with Gasteiger partial charge in [-0.05, 0) is 18.1 Å². The fourth-order valence-corrected chi connectivity index (χ4v) is 1.60. The van der Waals surface area contributed by atoms with Crippen molar-refractivity contribution in [3.05, 3.63) is 60.2 Å². The molecule has 2 aromatic rings. The topological polar surface area (TPSA) is 67.0 Å². The molecule has 0 aliphatic carbocycles. The minimum Gasteiger partial charge on any atom is -0.445 e. The zero-order valence-corrected chi connectivity index (χ0v) is 11.1. The Bertz CT molecular complexity index is 536. The first-order chi connectivity index (χ1) is 9.84. The van der Waals surface area contributed by atoms with Crippen molar-refractivity contribution in [2.75, 3.05) is 6.54 Å². The largest absolute Gasteiger partial charge is 0.445 e. The number of alkyl carbamates (subject to hydrolysis) is 1. The highest BCUT2D eigenvalue weighted by molar-refractivity contribution is 5.67. The summed E-state index contributed by atoms with van der Waals surface area (Å²) in [5, 5.41) is 2.69. The minimum atomic E-state index is -0.403. The lowest BCUT2D eigenvalue weighted by molar-refractivity contribution is 0.140. The van der Waals surface area contributed by atoms with Gasteiger partial charge in [-0.3, -0.25) is 0 Å². The second-order valence-corrected chi connectivity index (χ2v) is 4.15. The van der Waals surface area contributed by atoms with Crippen molar-refractivity contribution in [1.82, 2.24) is 15.3 Å². The molecule has 2 rings (SSSR count). The van der Waals surface area contributed by atoms with E-state index in [4.69, 9.17) is 4.74 Å². The molecule has 1 heterocycles. The van der Waals surface area contributed by atoms with E-state index in [0.29, 0.717) is 6.54 Å². The first-order valence-electron chi connectivity index (χ1n) is 6.45. The Morgan fingerprint density at radius 1 is 1.35 bits per heavy atom. The first-order valence-corrected chi connectivity index (χ1v) is 6.45. The standard InChI is InChI=1S/C15H17N3O2/c19-15(20-12-13-6-2-1-3-7-13)18-9-5-4-8-14-16-10-11-17-14/h1-4,6-8,10-11H,5,9,12H2,(H,16,17)(H,18,19). The molecule has 0 spiro atoms. The molecular formula is C15H17N3O2. The summed E-state index contributed by atoms with van der Waals surface area (Å²) < 4.78 is 5.09. The summed E-state index contributed by atoms with van der Waals surface area (Å²) in [7, 11) is 0. The molecule has 1 amide bonds. The molecule has 104 valence electrons. The van der Waals surface area contributed by atoms with Crippen molar-refractivity contribution < 1.29 is 9.53 Å². The van der Waals surface area contributed by atoms with Crippen molar-refractivity contribution >= 4 is 12.2 Å². The number of carbonyl (C=O) groups is 1. The van der Waals surface area contributed by atoms with Crippen LogP contribution >= 0.6 is 0 Å². The third kappa shape index (κ3) is 4.97. The van der Waals surface area contributed by atoms with E-state index in [2.05, 4.69) is 15.3 Å². The van der Waals surface area contributed by atoms with Crippen LogP contribution in [0.5, 0.6) is 0 Å². The summed E-state index contributed by atoms with van der Waals surface area (Å²) in [5.41, 5.74) is 0.973. The molecule has 1 aromatic heterocycles. The Hall–Kier alpha value is -2.56. The molecule has 0 saturated heterocycles. The Balaban J connectivity index is 1.58. The smallest absolute Gasteiger partial charge is 0.407 e. The Kier molecular flexibility index (Phi) is 5.39. The van der Waals surface area contributed by atoms with Gasteiger partial charge in [-0.25, -0.2) is 9.78 Å². The van der Waals surface area contributed by atoms with Crippen LogP contribution in [-0.4, -0.2) is 22.6 Å². The molecular weight excluding hydrogens is 254 g/mol. The summed E-state index contributed by atoms with van der Waals surface area (Å²) in [6, 6.07) is 9.58. The summed E-state index contributed by atoms with van der Waals surface area (Å²) in [6.07, 6.45) is 7.59. The van der Waals surface area contributed by atoms with Crippen LogP contribution in [0.1, 0.15) is 17.8 Å². The van der Waals surface area contributed by atoms with E-state index < -0.39 is 6.09 Å². The van der Waals surface area contributed by atoms with Gasteiger partial charge in [0.2, 0.25) is 0 Å². The zero-order valence-electron chi connectivity index (χ0n) is 11.1. The maximum absolute atomic E-state index is 11.4. The fourth-order valence-electron chi connectivity index (χ4n) is 1.60. The molecule has 5 nitrogen and oxygen atoms in total. The monoisotopic (exact) mass is 271 g/mol. The van der Waals surface area contributed by atoms with Crippen molar-refractivity contribution in [3.63, 3.8) is 0 Å². The molecule has 0 aliphatic heterocycles. The molecule has 0 fully saturated rings. The van der Waals surface area contributed by atoms with Crippen molar-refractivity contribution in [2.24, 2.45) is 0 Å². The molecule has 0 aliphatic rings. The van der Waals surface area contributed by atoms with Gasteiger partial charge in [-0.1, -0.05) is 36.4 Å². The molecule has 0 bridgehead atoms. The van der Waals surface area contributed by atoms with E-state index in [0.717, 1.165) is 17.8 Å². The number of ether oxygens (including phenoxy) is 1. The second kappa shape index (κ2) is 7.78. The highest BCUT2D eigenvalue weighted by Crippen LogP contribution is 2.00. The fraction of sp³-hybridized carbons (Fsp3) is 0.200. The van der Waals surface area contributed by atoms with Crippen LogP contribution in [0.15, 0.2) is 48.8 Å². The lowest BCUT2D eigenvalue weighted by Gasteiger charge is -2.05. The van der Waals surface area contributed by atoms with Gasteiger partial charge in [0.15, 0.2) is 0 Å². The lowest BCUT2D eigenvalue weighted by Crippen LogP contribution is -2.24. The van der Waals surface area contributed by atoms with Crippen molar-refractivity contribution in [1.29, 1.82) is 0 Å². The van der Waals surface area contributed by atoms with Crippen LogP contribution in [0.4, 0.5) is 4.79 Å². The van der Waals surface area contributed by atoms with Gasteiger partial charge in [0.1, 0.15) is 12.4 Å². The van der Waals surface area contributed by atoms with E-state index in [9.17, 15) is 4.79 Å². The van der Waals surface area contributed by atoms with Crippen LogP contribution in [0.3, 0.4) is 0 Å². The van der Waals surface area contributed by atoms with Crippen LogP contribution in [0.25, 0.3) is 6.08 Å². The van der Waals surface area contributed by atoms with Gasteiger partial charge in [0.05, 0.1) is 0 Å². The van der Waals surface area contributed by atoms with Gasteiger partial charge in [0.25, 0.3) is 0 Å². The Morgan fingerprint density at radius 3 is 2.95 bits per heavy atom. The van der Waals surface area contributed by atoms with Gasteiger partial charge >= 0.3 is 6.09 Å². The number of nitrogens with one attached hydrogen (secondary N) is 2. The third-order valence-electron chi connectivity index (χ3n) is 2.59. The summed E-state index contributed by atoms with van der Waals surface area (Å²) >= 11 is 0. The Labute approximate surface area is 117 Å². The summed E-state index contributed by atoms with van der Waals surface area (Å²) in [5.74, 6) is 0.802. The van der Waals surface area contributed by atoms with E-state index in [1.54, 1.807) is 12.4 Å². The predicted octanol–water partition coefficient (Wildman–Crippen LogP) is 2.74. The highest BCUT2D eigenvalue weighted by Gasteiger charge is 2.00. The Morgan fingerprint density at radius 2 is 2.20 bits per heavy atom. The number of rotatable bonds is 6. The number of benzene rings is 1. The first kappa shape index (κ1) is 13.9. The SMILES string of the molecule is O=C(NCCC=Cc1ncc[nH]1)OCc1ccccc1. The van der Waals surface area contributed by atoms with Crippen LogP contribution < -0.4 is 5.32 Å². The molecule has 0 saturated carbocycles. The molecule has 0 radical (unpaired) electrons. The van der Waals surface area contributed by atoms with Crippen molar-refractivity contribution in [3.8, 4) is 0 Å². The maximum atomic E-state index is 11.4. The number of aromatic amines is 1. The number of aromatic nitrogens is 2. The van der Waals surface area contributed by atoms with Crippen molar-refractivity contribution in [2.45, 2.75) is 13.0 Å². The van der Waals surface area contributed by atoms with Crippen LogP contribution in [0.2, 0.25) is 0 Å². The molecule has 1 aromatic carbocycles. The summed E-state index contributed by atoms with van der Waals surface area (Å²) in [6.45, 7) is 0.819. The minimum absolute atomic E-state index is 0.287. The van der Waals surface area contributed by atoms with Crippen LogP contribution in [-0.2, 0) is 11.3 Å². The molecule has 20 heavy (non-hydrogen) atoms. The average Bonchev–Trinajstić information content (AvgIpc) is 2.99. The number of H-pyrrole nitrogens is 1. The van der Waals surface area contributed by atoms with E-state index in [-0.39, 0.29) is 6.61 Å². The number of carbonyl (C=O) groups excluding carboxylic acids is 1. The van der Waals surface area contributed by atoms with Gasteiger partial charge in [-0.2, -0.15) is 0 Å². The van der Waals surface area contributed by atoms with E-state index >= 15 is 0 Å². The lowest BCUT2D eigenvalue weighted by atomic mass is 10.2. The normalized spacial score (nSPS) is 10.6. The quantitative estimate of drug-likeness (QED) is 0.794. The van der Waals surface area contributed by atoms with Crippen LogP contribution in [0, 0.1) is 0 Å². The van der Waals surface area contributed by atoms with Gasteiger partial charge in [-0.15, -0.1) is 0 Å². The van der Waals surface area contributed by atoms with E-state index in [1.165, 1.54) is 0 Å². The number of amides is 1. The predicted molar refractivity (Wildman–Crippen MR) is 76.9 cm³/mol. The van der Waals surface area contributed by atoms with Gasteiger partial charge in [0, 0.05) is 18.9 Å². The van der Waals surface area contributed by atoms with Gasteiger partial charge < -0.3 is 15.0 Å². The molecule has 0 atom stereocenters. The molecule has 2 N–H and O–H groups in total. The number of hydrogen-bond acceptors (Lipinski definition) is 3. The number of hydrogen-bond donors (Lipinski definition) is 2. The number of nitrogens with zero attached hydrogens (tertiary/aromatic N) is 1. The maximum Gasteiger partial charge on any atom is 0.407 e. The number of imidazole rings is 1. The molecule has 5 heteroatoms. The second-order valence-electron chi connectivity index (χ2n) is 4.15. The van der Waals surface area contributed by atoms with E-state index in [1.807, 2.05) is 42.5 Å². The molecule has 0 unspecified atom stereocenters. The third-order valence-corrected chi connectivity index (χ3v) is 2.59. The zero-order chi connectivity index (χ0) is 14.0. The highest BCUT2D eigenvalue weighted by atomic mass is 16.5.